The number of piperidine rings is 1. The molecule has 1 aliphatic heterocycles. The second-order valence-corrected chi connectivity index (χ2v) is 7.45. The second-order valence-electron chi connectivity index (χ2n) is 7.45. The molecule has 1 saturated heterocycles. The van der Waals surface area contributed by atoms with Crippen molar-refractivity contribution in [2.24, 2.45) is 5.10 Å². The minimum atomic E-state index is -0.124. The highest BCUT2D eigenvalue weighted by Gasteiger charge is 2.18. The maximum Gasteiger partial charge on any atom is 0.271 e. The number of quaternary nitrogens is 1. The summed E-state index contributed by atoms with van der Waals surface area (Å²) in [5.74, 6) is -0.124. The normalized spacial score (nSPS) is 18.6. The Morgan fingerprint density at radius 1 is 1.17 bits per heavy atom. The topological polar surface area (TPSA) is 45.9 Å². The molecule has 0 aromatic heterocycles. The molecule has 1 heterocycles. The van der Waals surface area contributed by atoms with E-state index in [2.05, 4.69) is 38.2 Å². The first-order valence-corrected chi connectivity index (χ1v) is 8.70. The number of hydrogen-bond donors (Lipinski definition) is 2. The molecule has 0 aliphatic carbocycles. The van der Waals surface area contributed by atoms with E-state index in [4.69, 9.17) is 0 Å². The number of nitrogens with zero attached hydrogens (tertiary/aromatic N) is 1. The number of hydrogen-bond acceptors (Lipinski definition) is 2. The molecule has 23 heavy (non-hydrogen) atoms. The van der Waals surface area contributed by atoms with Gasteiger partial charge in [0.15, 0.2) is 0 Å². The van der Waals surface area contributed by atoms with Crippen LogP contribution in [0.3, 0.4) is 0 Å². The number of carbonyl (C=O) groups excluding carboxylic acids is 1. The summed E-state index contributed by atoms with van der Waals surface area (Å²) >= 11 is 0. The van der Waals surface area contributed by atoms with Gasteiger partial charge in [0.1, 0.15) is 0 Å². The van der Waals surface area contributed by atoms with Gasteiger partial charge in [-0.3, -0.25) is 4.79 Å². The fraction of sp³-hybridized carbons (Fsp3) is 0.579. The first kappa shape index (κ1) is 17.7. The van der Waals surface area contributed by atoms with E-state index >= 15 is 0 Å². The van der Waals surface area contributed by atoms with Gasteiger partial charge >= 0.3 is 0 Å². The average Bonchev–Trinajstić information content (AvgIpc) is 2.53. The Morgan fingerprint density at radius 3 is 2.30 bits per heavy atom. The highest BCUT2D eigenvalue weighted by molar-refractivity contribution is 5.95. The molecule has 1 aromatic rings. The van der Waals surface area contributed by atoms with Crippen LogP contribution in [-0.2, 0) is 5.41 Å². The van der Waals surface area contributed by atoms with Gasteiger partial charge < -0.3 is 4.90 Å². The Morgan fingerprint density at radius 2 is 1.78 bits per heavy atom. The first-order chi connectivity index (χ1) is 10.9. The highest BCUT2D eigenvalue weighted by atomic mass is 16.2. The quantitative estimate of drug-likeness (QED) is 0.822. The number of nitrogens with one attached hydrogen (secondary N) is 2. The lowest BCUT2D eigenvalue weighted by molar-refractivity contribution is -0.901. The first-order valence-electron chi connectivity index (χ1n) is 8.70. The minimum Gasteiger partial charge on any atom is -0.334 e. The van der Waals surface area contributed by atoms with Crippen molar-refractivity contribution < 1.29 is 9.69 Å². The molecule has 4 heteroatoms. The van der Waals surface area contributed by atoms with E-state index in [1.807, 2.05) is 24.3 Å². The molecule has 0 bridgehead atoms. The van der Waals surface area contributed by atoms with Crippen molar-refractivity contribution in [3.8, 4) is 0 Å². The molecule has 0 spiro atoms. The van der Waals surface area contributed by atoms with E-state index in [1.54, 1.807) is 4.90 Å². The van der Waals surface area contributed by atoms with E-state index in [0.717, 1.165) is 31.6 Å². The summed E-state index contributed by atoms with van der Waals surface area (Å²) in [5.41, 5.74) is 5.82. The molecule has 0 saturated carbocycles. The Balaban J connectivity index is 1.89. The Kier molecular flexibility index (Phi) is 5.94. The third kappa shape index (κ3) is 5.17. The zero-order chi connectivity index (χ0) is 16.9. The van der Waals surface area contributed by atoms with E-state index in [1.165, 1.54) is 18.5 Å². The van der Waals surface area contributed by atoms with Crippen LogP contribution in [0.1, 0.15) is 62.9 Å². The summed E-state index contributed by atoms with van der Waals surface area (Å²) in [7, 11) is 0. The zero-order valence-electron chi connectivity index (χ0n) is 14.9. The van der Waals surface area contributed by atoms with Crippen LogP contribution in [0.25, 0.3) is 0 Å². The van der Waals surface area contributed by atoms with Crippen molar-refractivity contribution in [1.29, 1.82) is 0 Å². The fourth-order valence-corrected chi connectivity index (χ4v) is 2.92. The monoisotopic (exact) mass is 316 g/mol. The van der Waals surface area contributed by atoms with Crippen LogP contribution in [0.5, 0.6) is 0 Å². The van der Waals surface area contributed by atoms with Crippen LogP contribution >= 0.6 is 0 Å². The fourth-order valence-electron chi connectivity index (χ4n) is 2.92. The molecule has 1 fully saturated rings. The lowest BCUT2D eigenvalue weighted by Gasteiger charge is -2.24. The van der Waals surface area contributed by atoms with Crippen LogP contribution in [0, 0.1) is 0 Å². The molecule has 2 rings (SSSR count). The summed E-state index contributed by atoms with van der Waals surface area (Å²) in [6.07, 6.45) is 3.19. The van der Waals surface area contributed by atoms with E-state index in [9.17, 15) is 4.79 Å². The molecule has 1 aromatic carbocycles. The lowest BCUT2D eigenvalue weighted by atomic mass is 9.87. The molecule has 0 radical (unpaired) electrons. The predicted octanol–water partition coefficient (Wildman–Crippen LogP) is 2.16. The van der Waals surface area contributed by atoms with Crippen molar-refractivity contribution >= 4 is 11.6 Å². The van der Waals surface area contributed by atoms with Gasteiger partial charge in [-0.2, -0.15) is 5.10 Å². The van der Waals surface area contributed by atoms with Crippen LogP contribution < -0.4 is 10.3 Å². The molecule has 1 aliphatic rings. The smallest absolute Gasteiger partial charge is 0.271 e. The summed E-state index contributed by atoms with van der Waals surface area (Å²) in [5, 5.41) is 4.33. The number of amides is 1. The summed E-state index contributed by atoms with van der Waals surface area (Å²) in [6.45, 7) is 12.2. The Labute approximate surface area is 140 Å². The number of likely N-dealkylation sites (tertiary alicyclic amines) is 1. The maximum atomic E-state index is 12.2. The standard InChI is InChI=1S/C19H29N3O/c1-5-12-22-13-10-17(11-14-22)20-21-18(23)15-6-8-16(9-7-15)19(2,3)4/h6-9H,5,10-14H2,1-4H3,(H,21,23)/p+1. The van der Waals surface area contributed by atoms with Gasteiger partial charge in [-0.15, -0.1) is 0 Å². The van der Waals surface area contributed by atoms with Crippen LogP contribution in [0.2, 0.25) is 0 Å². The van der Waals surface area contributed by atoms with Crippen molar-refractivity contribution in [3.05, 3.63) is 35.4 Å². The summed E-state index contributed by atoms with van der Waals surface area (Å²) in [4.78, 5) is 13.8. The van der Waals surface area contributed by atoms with Gasteiger partial charge in [-0.25, -0.2) is 5.43 Å². The SMILES string of the molecule is CCC[NH+]1CCC(=NNC(=O)c2ccc(C(C)(C)C)cc2)CC1. The molecule has 4 nitrogen and oxygen atoms in total. The van der Waals surface area contributed by atoms with Crippen molar-refractivity contribution in [1.82, 2.24) is 5.43 Å². The molecular weight excluding hydrogens is 286 g/mol. The van der Waals surface area contributed by atoms with Gasteiger partial charge in [0, 0.05) is 24.1 Å². The predicted molar refractivity (Wildman–Crippen MR) is 95.1 cm³/mol. The maximum absolute atomic E-state index is 12.2. The summed E-state index contributed by atoms with van der Waals surface area (Å²) < 4.78 is 0. The highest BCUT2D eigenvalue weighted by Crippen LogP contribution is 2.22. The third-order valence-electron chi connectivity index (χ3n) is 4.47. The average molecular weight is 316 g/mol. The number of rotatable bonds is 4. The molecule has 0 atom stereocenters. The third-order valence-corrected chi connectivity index (χ3v) is 4.47. The van der Waals surface area contributed by atoms with Crippen LogP contribution in [0.15, 0.2) is 29.4 Å². The molecule has 1 amide bonds. The second kappa shape index (κ2) is 7.73. The van der Waals surface area contributed by atoms with E-state index < -0.39 is 0 Å². The van der Waals surface area contributed by atoms with Crippen molar-refractivity contribution in [2.75, 3.05) is 19.6 Å². The van der Waals surface area contributed by atoms with E-state index in [0.29, 0.717) is 5.56 Å². The van der Waals surface area contributed by atoms with E-state index in [-0.39, 0.29) is 11.3 Å². The largest absolute Gasteiger partial charge is 0.334 e. The number of carbonyl (C=O) groups is 1. The van der Waals surface area contributed by atoms with Crippen molar-refractivity contribution in [2.45, 2.75) is 52.4 Å². The number of hydrazone groups is 1. The zero-order valence-corrected chi connectivity index (χ0v) is 14.9. The molecule has 2 N–H and O–H groups in total. The molecule has 0 unspecified atom stereocenters. The van der Waals surface area contributed by atoms with Gasteiger partial charge in [0.05, 0.1) is 19.6 Å². The Hall–Kier alpha value is -1.68. The van der Waals surface area contributed by atoms with Gasteiger partial charge in [-0.05, 0) is 29.5 Å². The van der Waals surface area contributed by atoms with Crippen LogP contribution in [-0.4, -0.2) is 31.3 Å². The Bertz CT molecular complexity index is 545. The lowest BCUT2D eigenvalue weighted by Crippen LogP contribution is -3.13. The molecular formula is C19H30N3O+. The minimum absolute atomic E-state index is 0.101. The van der Waals surface area contributed by atoms with Crippen LogP contribution in [0.4, 0.5) is 0 Å². The van der Waals surface area contributed by atoms with Crippen molar-refractivity contribution in [3.63, 3.8) is 0 Å². The number of benzene rings is 1. The van der Waals surface area contributed by atoms with Gasteiger partial charge in [0.2, 0.25) is 0 Å². The summed E-state index contributed by atoms with van der Waals surface area (Å²) in [6, 6.07) is 7.80. The molecule has 126 valence electrons. The van der Waals surface area contributed by atoms with Gasteiger partial charge in [0.25, 0.3) is 5.91 Å². The van der Waals surface area contributed by atoms with Gasteiger partial charge in [-0.1, -0.05) is 39.8 Å².